The lowest BCUT2D eigenvalue weighted by molar-refractivity contribution is -0.112. The Hall–Kier alpha value is -5.08. The van der Waals surface area contributed by atoms with Gasteiger partial charge in [0.05, 0.1) is 7.11 Å². The van der Waals surface area contributed by atoms with Crippen molar-refractivity contribution < 1.29 is 14.3 Å². The first-order valence-electron chi connectivity index (χ1n) is 12.3. The molecule has 5 rings (SSSR count). The number of rotatable bonds is 7. The van der Waals surface area contributed by atoms with Gasteiger partial charge in [0.15, 0.2) is 0 Å². The molecule has 5 nitrogen and oxygen atoms in total. The van der Waals surface area contributed by atoms with Crippen molar-refractivity contribution in [3.63, 3.8) is 0 Å². The van der Waals surface area contributed by atoms with E-state index in [0.717, 1.165) is 32.7 Å². The van der Waals surface area contributed by atoms with Crippen molar-refractivity contribution in [3.8, 4) is 17.6 Å². The molecule has 0 bridgehead atoms. The number of nitrogens with one attached hydrogen (secondary N) is 1. The quantitative estimate of drug-likeness (QED) is 0.187. The van der Waals surface area contributed by atoms with Crippen molar-refractivity contribution in [1.82, 2.24) is 0 Å². The number of nitrogens with zero attached hydrogens (tertiary/aromatic N) is 1. The van der Waals surface area contributed by atoms with Gasteiger partial charge in [-0.1, -0.05) is 66.7 Å². The van der Waals surface area contributed by atoms with Crippen molar-refractivity contribution in [2.24, 2.45) is 0 Å². The van der Waals surface area contributed by atoms with E-state index in [4.69, 9.17) is 9.47 Å². The normalized spacial score (nSPS) is 11.2. The first kappa shape index (κ1) is 24.6. The lowest BCUT2D eigenvalue weighted by atomic mass is 9.99. The third-order valence-electron chi connectivity index (χ3n) is 6.58. The average molecular weight is 499 g/mol. The van der Waals surface area contributed by atoms with Crippen molar-refractivity contribution in [3.05, 3.63) is 119 Å². The monoisotopic (exact) mass is 498 g/mol. The third-order valence-corrected chi connectivity index (χ3v) is 6.58. The number of hydrogen-bond donors (Lipinski definition) is 1. The molecule has 0 aromatic heterocycles. The minimum Gasteiger partial charge on any atom is -0.497 e. The van der Waals surface area contributed by atoms with E-state index >= 15 is 0 Å². The van der Waals surface area contributed by atoms with Gasteiger partial charge in [0, 0.05) is 16.8 Å². The van der Waals surface area contributed by atoms with Crippen LogP contribution in [0, 0.1) is 18.3 Å². The van der Waals surface area contributed by atoms with Crippen LogP contribution in [0.4, 0.5) is 5.69 Å². The topological polar surface area (TPSA) is 71.3 Å². The summed E-state index contributed by atoms with van der Waals surface area (Å²) < 4.78 is 11.6. The number of ether oxygens (including phenoxy) is 2. The molecule has 186 valence electrons. The van der Waals surface area contributed by atoms with Crippen LogP contribution in [0.15, 0.2) is 103 Å². The van der Waals surface area contributed by atoms with Crippen molar-refractivity contribution in [2.45, 2.75) is 13.5 Å². The third kappa shape index (κ3) is 5.07. The SMILES string of the molecule is COc1ccc(NC(=O)/C(C#N)=C/c2c(OCc3c(C)ccc4ccccc34)ccc3ccccc23)cc1. The molecule has 5 aromatic carbocycles. The number of aryl methyl sites for hydroxylation is 1. The van der Waals surface area contributed by atoms with E-state index in [0.29, 0.717) is 29.4 Å². The van der Waals surface area contributed by atoms with Crippen LogP contribution in [0.2, 0.25) is 0 Å². The summed E-state index contributed by atoms with van der Waals surface area (Å²) in [6, 6.07) is 33.2. The minimum absolute atomic E-state index is 0.0247. The maximum absolute atomic E-state index is 13.0. The molecule has 0 aliphatic carbocycles. The van der Waals surface area contributed by atoms with E-state index in [1.807, 2.05) is 48.5 Å². The molecule has 0 saturated carbocycles. The van der Waals surface area contributed by atoms with Crippen LogP contribution >= 0.6 is 0 Å². The lowest BCUT2D eigenvalue weighted by Crippen LogP contribution is -2.13. The molecule has 0 unspecified atom stereocenters. The number of carbonyl (C=O) groups excluding carboxylic acids is 1. The molecule has 0 radical (unpaired) electrons. The van der Waals surface area contributed by atoms with Crippen molar-refractivity contribution >= 4 is 39.2 Å². The summed E-state index contributed by atoms with van der Waals surface area (Å²) in [5.74, 6) is 0.778. The highest BCUT2D eigenvalue weighted by molar-refractivity contribution is 6.11. The predicted molar refractivity (Wildman–Crippen MR) is 152 cm³/mol. The molecule has 0 spiro atoms. The highest BCUT2D eigenvalue weighted by atomic mass is 16.5. The summed E-state index contributed by atoms with van der Waals surface area (Å²) >= 11 is 0. The van der Waals surface area contributed by atoms with Crippen LogP contribution < -0.4 is 14.8 Å². The van der Waals surface area contributed by atoms with Crippen molar-refractivity contribution in [1.29, 1.82) is 5.26 Å². The molecule has 0 fully saturated rings. The smallest absolute Gasteiger partial charge is 0.266 e. The summed E-state index contributed by atoms with van der Waals surface area (Å²) in [6.45, 7) is 2.43. The maximum atomic E-state index is 13.0. The molecule has 38 heavy (non-hydrogen) atoms. The van der Waals surface area contributed by atoms with Gasteiger partial charge in [-0.05, 0) is 70.4 Å². The van der Waals surface area contributed by atoms with Gasteiger partial charge in [-0.15, -0.1) is 0 Å². The minimum atomic E-state index is -0.499. The summed E-state index contributed by atoms with van der Waals surface area (Å²) in [4.78, 5) is 13.0. The molecule has 1 amide bonds. The molecule has 0 heterocycles. The summed E-state index contributed by atoms with van der Waals surface area (Å²) in [6.07, 6.45) is 1.60. The Labute approximate surface area is 221 Å². The van der Waals surface area contributed by atoms with E-state index in [1.165, 1.54) is 0 Å². The first-order valence-corrected chi connectivity index (χ1v) is 12.3. The maximum Gasteiger partial charge on any atom is 0.266 e. The van der Waals surface area contributed by atoms with Gasteiger partial charge < -0.3 is 14.8 Å². The van der Waals surface area contributed by atoms with Gasteiger partial charge in [0.1, 0.15) is 29.7 Å². The highest BCUT2D eigenvalue weighted by Gasteiger charge is 2.15. The zero-order valence-electron chi connectivity index (χ0n) is 21.2. The number of methoxy groups -OCH3 is 1. The summed E-state index contributed by atoms with van der Waals surface area (Å²) in [5.41, 5.74) is 3.46. The van der Waals surface area contributed by atoms with Gasteiger partial charge in [-0.3, -0.25) is 4.79 Å². The molecule has 0 aliphatic heterocycles. The summed E-state index contributed by atoms with van der Waals surface area (Å²) in [7, 11) is 1.58. The van der Waals surface area contributed by atoms with Crippen LogP contribution in [0.1, 0.15) is 16.7 Å². The van der Waals surface area contributed by atoms with Crippen LogP contribution in [0.5, 0.6) is 11.5 Å². The van der Waals surface area contributed by atoms with E-state index in [-0.39, 0.29) is 5.57 Å². The molecular weight excluding hydrogens is 472 g/mol. The second kappa shape index (κ2) is 10.9. The van der Waals surface area contributed by atoms with Crippen LogP contribution in [0.3, 0.4) is 0 Å². The highest BCUT2D eigenvalue weighted by Crippen LogP contribution is 2.32. The van der Waals surface area contributed by atoms with Gasteiger partial charge in [0.25, 0.3) is 5.91 Å². The number of hydrogen-bond acceptors (Lipinski definition) is 4. The summed E-state index contributed by atoms with van der Waals surface area (Å²) in [5, 5.41) is 16.9. The Morgan fingerprint density at radius 2 is 1.53 bits per heavy atom. The van der Waals surface area contributed by atoms with Gasteiger partial charge in [-0.2, -0.15) is 5.26 Å². The fraction of sp³-hybridized carbons (Fsp3) is 0.0909. The molecular formula is C33H26N2O3. The first-order chi connectivity index (χ1) is 18.6. The zero-order chi connectivity index (χ0) is 26.5. The number of amides is 1. The number of nitriles is 1. The van der Waals surface area contributed by atoms with Crippen LogP contribution in [-0.2, 0) is 11.4 Å². The molecule has 0 aliphatic rings. The van der Waals surface area contributed by atoms with Crippen LogP contribution in [0.25, 0.3) is 27.6 Å². The molecule has 0 atom stereocenters. The molecule has 5 aromatic rings. The Bertz CT molecular complexity index is 1710. The lowest BCUT2D eigenvalue weighted by Gasteiger charge is -2.15. The Kier molecular flexibility index (Phi) is 7.06. The number of carbonyl (C=O) groups is 1. The van der Waals surface area contributed by atoms with Gasteiger partial charge >= 0.3 is 0 Å². The number of anilines is 1. The average Bonchev–Trinajstić information content (AvgIpc) is 2.96. The van der Waals surface area contributed by atoms with E-state index in [1.54, 1.807) is 37.5 Å². The number of fused-ring (bicyclic) bond motifs is 2. The second-order valence-corrected chi connectivity index (χ2v) is 8.92. The fourth-order valence-corrected chi connectivity index (χ4v) is 4.50. The predicted octanol–water partition coefficient (Wildman–Crippen LogP) is 7.43. The molecule has 1 N–H and O–H groups in total. The van der Waals surface area contributed by atoms with Gasteiger partial charge in [-0.25, -0.2) is 0 Å². The Morgan fingerprint density at radius 1 is 0.868 bits per heavy atom. The van der Waals surface area contributed by atoms with Crippen LogP contribution in [-0.4, -0.2) is 13.0 Å². The largest absolute Gasteiger partial charge is 0.497 e. The van der Waals surface area contributed by atoms with E-state index < -0.39 is 5.91 Å². The number of benzene rings is 5. The molecule has 5 heteroatoms. The van der Waals surface area contributed by atoms with E-state index in [9.17, 15) is 10.1 Å². The fourth-order valence-electron chi connectivity index (χ4n) is 4.50. The van der Waals surface area contributed by atoms with Gasteiger partial charge in [0.2, 0.25) is 0 Å². The standard InChI is InChI=1S/C33H26N2O3/c1-22-11-12-23-7-4-6-10-29(23)31(22)21-38-32-18-13-24-8-3-5-9-28(24)30(32)19-25(20-34)33(36)35-26-14-16-27(37-2)17-15-26/h3-19H,21H2,1-2H3,(H,35,36)/b25-19+. The Morgan fingerprint density at radius 3 is 2.24 bits per heavy atom. The Balaban J connectivity index is 1.51. The zero-order valence-corrected chi connectivity index (χ0v) is 21.2. The second-order valence-electron chi connectivity index (χ2n) is 8.92. The van der Waals surface area contributed by atoms with Crippen molar-refractivity contribution in [2.75, 3.05) is 12.4 Å². The molecule has 0 saturated heterocycles. The van der Waals surface area contributed by atoms with E-state index in [2.05, 4.69) is 42.6 Å².